The molecule has 3 nitrogen and oxygen atoms in total. The van der Waals surface area contributed by atoms with Crippen LogP contribution in [0.5, 0.6) is 0 Å². The third-order valence-corrected chi connectivity index (χ3v) is 3.48. The van der Waals surface area contributed by atoms with Crippen LogP contribution in [0.15, 0.2) is 11.4 Å². The number of hydroxylamine groups is 1. The summed E-state index contributed by atoms with van der Waals surface area (Å²) in [5, 5.41) is 10.6. The van der Waals surface area contributed by atoms with Gasteiger partial charge < -0.3 is 0 Å². The average molecular weight is 197 g/mol. The maximum atomic E-state index is 11.3. The highest BCUT2D eigenvalue weighted by Gasteiger charge is 2.26. The molecule has 0 aromatic carbocycles. The van der Waals surface area contributed by atoms with Crippen molar-refractivity contribution in [2.75, 3.05) is 0 Å². The van der Waals surface area contributed by atoms with Crippen molar-refractivity contribution in [1.29, 1.82) is 0 Å². The first-order valence-electron chi connectivity index (χ1n) is 4.33. The number of hydrogen-bond donors (Lipinski definition) is 2. The summed E-state index contributed by atoms with van der Waals surface area (Å²) in [7, 11) is 0. The first kappa shape index (κ1) is 8.72. The SMILES string of the molecule is O=C(NO)C1CCCc2sccc21. The van der Waals surface area contributed by atoms with Crippen LogP contribution in [-0.4, -0.2) is 11.1 Å². The molecule has 0 radical (unpaired) electrons. The summed E-state index contributed by atoms with van der Waals surface area (Å²) >= 11 is 1.70. The molecule has 0 fully saturated rings. The summed E-state index contributed by atoms with van der Waals surface area (Å²) in [6.45, 7) is 0. The quantitative estimate of drug-likeness (QED) is 0.531. The standard InChI is InChI=1S/C9H11NO2S/c11-9(10-12)7-2-1-3-8-6(7)4-5-13-8/h4-5,7,12H,1-3H2,(H,10,11). The Balaban J connectivity index is 2.30. The fraction of sp³-hybridized carbons (Fsp3) is 0.444. The van der Waals surface area contributed by atoms with E-state index < -0.39 is 0 Å². The molecule has 4 heteroatoms. The average Bonchev–Trinajstić information content (AvgIpc) is 2.63. The smallest absolute Gasteiger partial charge is 0.250 e. The third kappa shape index (κ3) is 1.47. The molecule has 0 spiro atoms. The van der Waals surface area contributed by atoms with Crippen molar-refractivity contribution >= 4 is 17.2 Å². The zero-order valence-electron chi connectivity index (χ0n) is 7.12. The highest BCUT2D eigenvalue weighted by Crippen LogP contribution is 2.34. The van der Waals surface area contributed by atoms with Gasteiger partial charge in [0.25, 0.3) is 5.91 Å². The predicted octanol–water partition coefficient (Wildman–Crippen LogP) is 1.67. The lowest BCUT2D eigenvalue weighted by atomic mass is 9.87. The Morgan fingerprint density at radius 3 is 3.31 bits per heavy atom. The summed E-state index contributed by atoms with van der Waals surface area (Å²) < 4.78 is 0. The highest BCUT2D eigenvalue weighted by molar-refractivity contribution is 7.10. The molecule has 1 aromatic rings. The Morgan fingerprint density at radius 1 is 1.69 bits per heavy atom. The molecule has 2 rings (SSSR count). The molecular formula is C9H11NO2S. The van der Waals surface area contributed by atoms with E-state index in [0.29, 0.717) is 0 Å². The second-order valence-electron chi connectivity index (χ2n) is 3.22. The van der Waals surface area contributed by atoms with Crippen LogP contribution in [0.3, 0.4) is 0 Å². The van der Waals surface area contributed by atoms with Crippen LogP contribution in [0.25, 0.3) is 0 Å². The van der Waals surface area contributed by atoms with Crippen molar-refractivity contribution in [3.05, 3.63) is 21.9 Å². The number of amides is 1. The third-order valence-electron chi connectivity index (χ3n) is 2.48. The number of carbonyl (C=O) groups excluding carboxylic acids is 1. The van der Waals surface area contributed by atoms with E-state index in [9.17, 15) is 4.79 Å². The molecule has 2 N–H and O–H groups in total. The number of carbonyl (C=O) groups is 1. The van der Waals surface area contributed by atoms with Crippen molar-refractivity contribution < 1.29 is 10.0 Å². The maximum absolute atomic E-state index is 11.3. The van der Waals surface area contributed by atoms with Crippen molar-refractivity contribution in [3.8, 4) is 0 Å². The number of nitrogens with one attached hydrogen (secondary N) is 1. The van der Waals surface area contributed by atoms with Gasteiger partial charge in [0, 0.05) is 4.88 Å². The minimum Gasteiger partial charge on any atom is -0.289 e. The number of aryl methyl sites for hydroxylation is 1. The van der Waals surface area contributed by atoms with E-state index in [0.717, 1.165) is 24.8 Å². The fourth-order valence-electron chi connectivity index (χ4n) is 1.84. The van der Waals surface area contributed by atoms with Gasteiger partial charge in [0.05, 0.1) is 5.92 Å². The van der Waals surface area contributed by atoms with Gasteiger partial charge in [-0.3, -0.25) is 10.0 Å². The molecule has 1 heterocycles. The minimum absolute atomic E-state index is 0.139. The second kappa shape index (κ2) is 3.47. The lowest BCUT2D eigenvalue weighted by Crippen LogP contribution is -2.28. The highest BCUT2D eigenvalue weighted by atomic mass is 32.1. The minimum atomic E-state index is -0.278. The van der Waals surface area contributed by atoms with Gasteiger partial charge in [-0.05, 0) is 36.3 Å². The monoisotopic (exact) mass is 197 g/mol. The molecule has 13 heavy (non-hydrogen) atoms. The van der Waals surface area contributed by atoms with Crippen LogP contribution in [0.1, 0.15) is 29.2 Å². The van der Waals surface area contributed by atoms with Crippen LogP contribution < -0.4 is 5.48 Å². The summed E-state index contributed by atoms with van der Waals surface area (Å²) in [6.07, 6.45) is 2.95. The Hall–Kier alpha value is -0.870. The molecular weight excluding hydrogens is 186 g/mol. The Morgan fingerprint density at radius 2 is 2.54 bits per heavy atom. The van der Waals surface area contributed by atoms with Crippen molar-refractivity contribution in [3.63, 3.8) is 0 Å². The predicted molar refractivity (Wildman–Crippen MR) is 49.9 cm³/mol. The summed E-state index contributed by atoms with van der Waals surface area (Å²) in [6, 6.07) is 1.99. The van der Waals surface area contributed by atoms with Gasteiger partial charge in [-0.1, -0.05) is 0 Å². The normalized spacial score (nSPS) is 20.8. The molecule has 1 atom stereocenters. The van der Waals surface area contributed by atoms with Crippen LogP contribution in [0.2, 0.25) is 0 Å². The Bertz CT molecular complexity index is 321. The summed E-state index contributed by atoms with van der Waals surface area (Å²) in [5.41, 5.74) is 2.83. The molecule has 1 aromatic heterocycles. The number of fused-ring (bicyclic) bond motifs is 1. The van der Waals surface area contributed by atoms with E-state index in [4.69, 9.17) is 5.21 Å². The molecule has 0 saturated carbocycles. The molecule has 0 bridgehead atoms. The van der Waals surface area contributed by atoms with Crippen LogP contribution in [-0.2, 0) is 11.2 Å². The molecule has 1 aliphatic rings. The van der Waals surface area contributed by atoms with E-state index in [-0.39, 0.29) is 11.8 Å². The molecule has 1 aliphatic carbocycles. The van der Waals surface area contributed by atoms with Gasteiger partial charge in [-0.25, -0.2) is 5.48 Å². The molecule has 1 unspecified atom stereocenters. The fourth-order valence-corrected chi connectivity index (χ4v) is 2.82. The zero-order chi connectivity index (χ0) is 9.26. The maximum Gasteiger partial charge on any atom is 0.250 e. The number of rotatable bonds is 1. The van der Waals surface area contributed by atoms with Crippen LogP contribution >= 0.6 is 11.3 Å². The molecule has 1 amide bonds. The number of thiophene rings is 1. The van der Waals surface area contributed by atoms with E-state index in [1.807, 2.05) is 11.4 Å². The van der Waals surface area contributed by atoms with Crippen molar-refractivity contribution in [1.82, 2.24) is 5.48 Å². The first-order valence-corrected chi connectivity index (χ1v) is 5.21. The van der Waals surface area contributed by atoms with Gasteiger partial charge in [0.15, 0.2) is 0 Å². The molecule has 0 aliphatic heterocycles. The zero-order valence-corrected chi connectivity index (χ0v) is 7.93. The van der Waals surface area contributed by atoms with Crippen molar-refractivity contribution in [2.24, 2.45) is 0 Å². The van der Waals surface area contributed by atoms with Crippen LogP contribution in [0.4, 0.5) is 0 Å². The largest absolute Gasteiger partial charge is 0.289 e. The lowest BCUT2D eigenvalue weighted by Gasteiger charge is -2.20. The van der Waals surface area contributed by atoms with Gasteiger partial charge in [-0.2, -0.15) is 0 Å². The Kier molecular flexibility index (Phi) is 2.33. The van der Waals surface area contributed by atoms with Crippen molar-refractivity contribution in [2.45, 2.75) is 25.2 Å². The lowest BCUT2D eigenvalue weighted by molar-refractivity contribution is -0.131. The Labute approximate surface area is 80.4 Å². The van der Waals surface area contributed by atoms with E-state index >= 15 is 0 Å². The summed E-state index contributed by atoms with van der Waals surface area (Å²) in [4.78, 5) is 12.6. The summed E-state index contributed by atoms with van der Waals surface area (Å²) in [5.74, 6) is -0.417. The molecule has 0 saturated heterocycles. The van der Waals surface area contributed by atoms with E-state index in [1.54, 1.807) is 16.8 Å². The van der Waals surface area contributed by atoms with E-state index in [1.165, 1.54) is 4.88 Å². The first-order chi connectivity index (χ1) is 6.33. The van der Waals surface area contributed by atoms with Gasteiger partial charge in [0.2, 0.25) is 0 Å². The number of hydrogen-bond acceptors (Lipinski definition) is 3. The van der Waals surface area contributed by atoms with E-state index in [2.05, 4.69) is 0 Å². The second-order valence-corrected chi connectivity index (χ2v) is 4.22. The van der Waals surface area contributed by atoms with Gasteiger partial charge >= 0.3 is 0 Å². The van der Waals surface area contributed by atoms with Gasteiger partial charge in [0.1, 0.15) is 0 Å². The van der Waals surface area contributed by atoms with Crippen LogP contribution in [0, 0.1) is 0 Å². The molecule has 70 valence electrons. The van der Waals surface area contributed by atoms with Gasteiger partial charge in [-0.15, -0.1) is 11.3 Å². The topological polar surface area (TPSA) is 49.3 Å².